The first-order chi connectivity index (χ1) is 15.0. The molecule has 0 radical (unpaired) electrons. The first-order valence-corrected chi connectivity index (χ1v) is 10.9. The second-order valence-electron chi connectivity index (χ2n) is 7.27. The third-order valence-corrected chi connectivity index (χ3v) is 6.25. The standard InChI is InChI=1S/C22H22N4O4S/c1-16-14-19(30-23-16)15-31-21-5-3-2-4-20(21)22(27)25-12-10-24(11-13-25)17-6-8-18(9-7-17)26(28)29/h2-9,14H,10-13,15H2,1H3. The van der Waals surface area contributed by atoms with Gasteiger partial charge in [-0.3, -0.25) is 14.9 Å². The lowest BCUT2D eigenvalue weighted by Gasteiger charge is -2.36. The van der Waals surface area contributed by atoms with Crippen LogP contribution < -0.4 is 4.90 Å². The van der Waals surface area contributed by atoms with Crippen molar-refractivity contribution in [1.82, 2.24) is 10.1 Å². The number of nitro groups is 1. The maximum absolute atomic E-state index is 13.2. The first kappa shape index (κ1) is 20.9. The second-order valence-corrected chi connectivity index (χ2v) is 8.29. The minimum Gasteiger partial charge on any atom is -0.368 e. The Balaban J connectivity index is 1.39. The van der Waals surface area contributed by atoms with E-state index in [2.05, 4.69) is 10.1 Å². The minimum atomic E-state index is -0.403. The van der Waals surface area contributed by atoms with Crippen molar-refractivity contribution in [1.29, 1.82) is 0 Å². The maximum atomic E-state index is 13.2. The fraction of sp³-hybridized carbons (Fsp3) is 0.273. The summed E-state index contributed by atoms with van der Waals surface area (Å²) in [6.07, 6.45) is 0. The Bertz CT molecular complexity index is 1080. The average Bonchev–Trinajstić information content (AvgIpc) is 3.22. The number of anilines is 1. The van der Waals surface area contributed by atoms with E-state index in [-0.39, 0.29) is 11.6 Å². The largest absolute Gasteiger partial charge is 0.368 e. The van der Waals surface area contributed by atoms with E-state index in [0.717, 1.165) is 22.0 Å². The zero-order chi connectivity index (χ0) is 21.8. The van der Waals surface area contributed by atoms with Gasteiger partial charge in [-0.2, -0.15) is 0 Å². The van der Waals surface area contributed by atoms with Crippen LogP contribution in [0.5, 0.6) is 0 Å². The summed E-state index contributed by atoms with van der Waals surface area (Å²) in [5.74, 6) is 1.40. The van der Waals surface area contributed by atoms with Crippen molar-refractivity contribution >= 4 is 29.0 Å². The molecule has 0 spiro atoms. The van der Waals surface area contributed by atoms with Crippen LogP contribution in [0.1, 0.15) is 21.8 Å². The van der Waals surface area contributed by atoms with E-state index in [4.69, 9.17) is 4.52 Å². The van der Waals surface area contributed by atoms with E-state index >= 15 is 0 Å². The van der Waals surface area contributed by atoms with Gasteiger partial charge in [0.05, 0.1) is 21.9 Å². The van der Waals surface area contributed by atoms with Gasteiger partial charge in [-0.15, -0.1) is 11.8 Å². The molecule has 2 aromatic carbocycles. The van der Waals surface area contributed by atoms with Gasteiger partial charge in [-0.05, 0) is 31.2 Å². The second kappa shape index (κ2) is 9.22. The fourth-order valence-electron chi connectivity index (χ4n) is 3.53. The van der Waals surface area contributed by atoms with Gasteiger partial charge in [0.25, 0.3) is 11.6 Å². The summed E-state index contributed by atoms with van der Waals surface area (Å²) in [5, 5.41) is 14.7. The number of carbonyl (C=O) groups excluding carboxylic acids is 1. The molecule has 0 unspecified atom stereocenters. The molecule has 1 fully saturated rings. The van der Waals surface area contributed by atoms with E-state index in [1.165, 1.54) is 12.1 Å². The van der Waals surface area contributed by atoms with Crippen LogP contribution in [0.2, 0.25) is 0 Å². The molecule has 1 aliphatic rings. The summed E-state index contributed by atoms with van der Waals surface area (Å²) in [4.78, 5) is 28.5. The molecule has 8 nitrogen and oxygen atoms in total. The van der Waals surface area contributed by atoms with Crippen LogP contribution in [-0.4, -0.2) is 47.1 Å². The molecule has 0 bridgehead atoms. The van der Waals surface area contributed by atoms with Crippen molar-refractivity contribution in [3.63, 3.8) is 0 Å². The lowest BCUT2D eigenvalue weighted by molar-refractivity contribution is -0.384. The molecule has 2 heterocycles. The zero-order valence-corrected chi connectivity index (χ0v) is 17.9. The Labute approximate surface area is 184 Å². The Hall–Kier alpha value is -3.33. The number of aromatic nitrogens is 1. The van der Waals surface area contributed by atoms with Gasteiger partial charge in [0.15, 0.2) is 0 Å². The molecule has 4 rings (SSSR count). The SMILES string of the molecule is Cc1cc(CSc2ccccc2C(=O)N2CCN(c3ccc([N+](=O)[O-])cc3)CC2)on1. The van der Waals surface area contributed by atoms with Gasteiger partial charge in [-0.25, -0.2) is 0 Å². The third-order valence-electron chi connectivity index (χ3n) is 5.16. The molecule has 1 aliphatic heterocycles. The Morgan fingerprint density at radius 3 is 2.48 bits per heavy atom. The monoisotopic (exact) mass is 438 g/mol. The van der Waals surface area contributed by atoms with Crippen molar-refractivity contribution in [3.05, 3.63) is 81.7 Å². The number of nitrogens with zero attached hydrogens (tertiary/aromatic N) is 4. The van der Waals surface area contributed by atoms with Gasteiger partial charge in [0.2, 0.25) is 0 Å². The van der Waals surface area contributed by atoms with E-state index in [1.807, 2.05) is 42.2 Å². The number of hydrogen-bond donors (Lipinski definition) is 0. The highest BCUT2D eigenvalue weighted by Gasteiger charge is 2.24. The highest BCUT2D eigenvalue weighted by molar-refractivity contribution is 7.98. The number of hydrogen-bond acceptors (Lipinski definition) is 7. The lowest BCUT2D eigenvalue weighted by Crippen LogP contribution is -2.48. The first-order valence-electron chi connectivity index (χ1n) is 9.94. The number of piperazine rings is 1. The molecular weight excluding hydrogens is 416 g/mol. The summed E-state index contributed by atoms with van der Waals surface area (Å²) in [5.41, 5.74) is 2.53. The molecule has 1 amide bonds. The molecule has 31 heavy (non-hydrogen) atoms. The van der Waals surface area contributed by atoms with Crippen molar-refractivity contribution < 1.29 is 14.2 Å². The summed E-state index contributed by atoms with van der Waals surface area (Å²) in [6.45, 7) is 4.42. The van der Waals surface area contributed by atoms with E-state index < -0.39 is 4.92 Å². The molecule has 9 heteroatoms. The van der Waals surface area contributed by atoms with Gasteiger partial charge in [0, 0.05) is 55.0 Å². The van der Waals surface area contributed by atoms with Crippen molar-refractivity contribution in [3.8, 4) is 0 Å². The number of thioether (sulfide) groups is 1. The number of rotatable bonds is 6. The predicted octanol–water partition coefficient (Wildman–Crippen LogP) is 4.15. The van der Waals surface area contributed by atoms with Crippen molar-refractivity contribution in [2.24, 2.45) is 0 Å². The highest BCUT2D eigenvalue weighted by Crippen LogP contribution is 2.28. The quantitative estimate of drug-likeness (QED) is 0.324. The smallest absolute Gasteiger partial charge is 0.269 e. The number of amides is 1. The van der Waals surface area contributed by atoms with E-state index in [9.17, 15) is 14.9 Å². The number of benzene rings is 2. The summed E-state index contributed by atoms with van der Waals surface area (Å²) >= 11 is 1.56. The molecule has 0 N–H and O–H groups in total. The van der Waals surface area contributed by atoms with Crippen LogP contribution in [0, 0.1) is 17.0 Å². The molecule has 1 aromatic heterocycles. The highest BCUT2D eigenvalue weighted by atomic mass is 32.2. The van der Waals surface area contributed by atoms with Gasteiger partial charge in [-0.1, -0.05) is 17.3 Å². The Morgan fingerprint density at radius 2 is 1.84 bits per heavy atom. The summed E-state index contributed by atoms with van der Waals surface area (Å²) in [7, 11) is 0. The zero-order valence-electron chi connectivity index (χ0n) is 17.1. The summed E-state index contributed by atoms with van der Waals surface area (Å²) < 4.78 is 5.27. The average molecular weight is 439 g/mol. The Kier molecular flexibility index (Phi) is 6.22. The summed E-state index contributed by atoms with van der Waals surface area (Å²) in [6, 6.07) is 16.1. The fourth-order valence-corrected chi connectivity index (χ4v) is 4.45. The van der Waals surface area contributed by atoms with Gasteiger partial charge < -0.3 is 14.3 Å². The van der Waals surface area contributed by atoms with Crippen LogP contribution in [0.15, 0.2) is 64.0 Å². The predicted molar refractivity (Wildman–Crippen MR) is 118 cm³/mol. The number of nitro benzene ring substituents is 1. The van der Waals surface area contributed by atoms with Gasteiger partial charge in [0.1, 0.15) is 5.76 Å². The number of aryl methyl sites for hydroxylation is 1. The normalized spacial score (nSPS) is 14.0. The van der Waals surface area contributed by atoms with Crippen LogP contribution >= 0.6 is 11.8 Å². The van der Waals surface area contributed by atoms with Crippen LogP contribution in [0.4, 0.5) is 11.4 Å². The van der Waals surface area contributed by atoms with E-state index in [1.54, 1.807) is 23.9 Å². The van der Waals surface area contributed by atoms with Crippen molar-refractivity contribution in [2.75, 3.05) is 31.1 Å². The molecule has 1 saturated heterocycles. The molecule has 160 valence electrons. The third kappa shape index (κ3) is 4.88. The van der Waals surface area contributed by atoms with Crippen molar-refractivity contribution in [2.45, 2.75) is 17.6 Å². The van der Waals surface area contributed by atoms with E-state index in [0.29, 0.717) is 37.5 Å². The van der Waals surface area contributed by atoms with Crippen LogP contribution in [-0.2, 0) is 5.75 Å². The minimum absolute atomic E-state index is 0.0141. The van der Waals surface area contributed by atoms with Crippen LogP contribution in [0.3, 0.4) is 0 Å². The molecular formula is C22H22N4O4S. The maximum Gasteiger partial charge on any atom is 0.269 e. The lowest BCUT2D eigenvalue weighted by atomic mass is 10.1. The molecule has 0 saturated carbocycles. The molecule has 0 aliphatic carbocycles. The Morgan fingerprint density at radius 1 is 1.13 bits per heavy atom. The number of carbonyl (C=O) groups is 1. The van der Waals surface area contributed by atoms with Gasteiger partial charge >= 0.3 is 0 Å². The molecule has 3 aromatic rings. The topological polar surface area (TPSA) is 92.7 Å². The molecule has 0 atom stereocenters. The van der Waals surface area contributed by atoms with Crippen LogP contribution in [0.25, 0.3) is 0 Å². The number of non-ortho nitro benzene ring substituents is 1.